The highest BCUT2D eigenvalue weighted by molar-refractivity contribution is 6.53. The summed E-state index contributed by atoms with van der Waals surface area (Å²) >= 11 is 5.91. The van der Waals surface area contributed by atoms with Gasteiger partial charge in [-0.2, -0.15) is 0 Å². The maximum Gasteiger partial charge on any atom is 0.326 e. The normalized spacial score (nSPS) is 14.4. The van der Waals surface area contributed by atoms with Crippen molar-refractivity contribution in [3.63, 3.8) is 0 Å². The van der Waals surface area contributed by atoms with Gasteiger partial charge in [-0.1, -0.05) is 11.6 Å². The number of aryl methyl sites for hydroxylation is 1. The van der Waals surface area contributed by atoms with Crippen LogP contribution in [0, 0.1) is 6.92 Å². The van der Waals surface area contributed by atoms with Crippen LogP contribution in [0.5, 0.6) is 0 Å². The van der Waals surface area contributed by atoms with Crippen molar-refractivity contribution in [2.75, 3.05) is 11.4 Å². The summed E-state index contributed by atoms with van der Waals surface area (Å²) < 4.78 is 5.19. The van der Waals surface area contributed by atoms with Crippen LogP contribution in [0.3, 0.4) is 0 Å². The number of nitrogens with zero attached hydrogens (tertiary/aromatic N) is 1. The Kier molecular flexibility index (Phi) is 3.80. The molecule has 1 aliphatic heterocycles. The number of Topliss-reactive ketones (excluding diaryl/α,β-unsaturated/α-hetero) is 1. The third-order valence-electron chi connectivity index (χ3n) is 2.93. The molecule has 5 nitrogen and oxygen atoms in total. The van der Waals surface area contributed by atoms with Crippen LogP contribution in [-0.2, 0) is 14.3 Å². The van der Waals surface area contributed by atoms with Crippen molar-refractivity contribution in [1.82, 2.24) is 0 Å². The molecule has 0 unspecified atom stereocenters. The first-order chi connectivity index (χ1) is 9.60. The molecule has 0 spiro atoms. The molecule has 0 bridgehead atoms. The smallest absolute Gasteiger partial charge is 0.326 e. The van der Waals surface area contributed by atoms with Crippen LogP contribution >= 0.6 is 11.6 Å². The van der Waals surface area contributed by atoms with E-state index in [2.05, 4.69) is 0 Å². The Balaban J connectivity index is 2.34. The fourth-order valence-corrected chi connectivity index (χ4v) is 2.53. The summed E-state index contributed by atoms with van der Waals surface area (Å²) in [4.78, 5) is 37.1. The fraction of sp³-hybridized carbons (Fsp3) is 0.400. The summed E-state index contributed by atoms with van der Waals surface area (Å²) in [6.07, 6.45) is 0. The Morgan fingerprint density at radius 1 is 1.29 bits per heavy atom. The van der Waals surface area contributed by atoms with Gasteiger partial charge in [0.25, 0.3) is 11.7 Å². The lowest BCUT2D eigenvalue weighted by atomic mass is 10.1. The van der Waals surface area contributed by atoms with Crippen molar-refractivity contribution in [2.45, 2.75) is 33.3 Å². The molecule has 0 aromatic heterocycles. The van der Waals surface area contributed by atoms with E-state index in [0.29, 0.717) is 16.3 Å². The first kappa shape index (κ1) is 15.5. The van der Waals surface area contributed by atoms with Crippen molar-refractivity contribution < 1.29 is 19.1 Å². The Hall–Kier alpha value is -1.88. The molecule has 0 saturated carbocycles. The van der Waals surface area contributed by atoms with Gasteiger partial charge in [-0.25, -0.2) is 0 Å². The minimum atomic E-state index is -0.735. The summed E-state index contributed by atoms with van der Waals surface area (Å²) in [6, 6.07) is 3.09. The molecule has 6 heteroatoms. The van der Waals surface area contributed by atoms with Crippen LogP contribution < -0.4 is 4.90 Å². The van der Waals surface area contributed by atoms with E-state index in [1.807, 2.05) is 0 Å². The molecule has 0 aliphatic carbocycles. The highest BCUT2D eigenvalue weighted by atomic mass is 35.5. The van der Waals surface area contributed by atoms with Crippen molar-refractivity contribution in [2.24, 2.45) is 0 Å². The molecule has 0 N–H and O–H groups in total. The monoisotopic (exact) mass is 309 g/mol. The average Bonchev–Trinajstić information content (AvgIpc) is 2.52. The summed E-state index contributed by atoms with van der Waals surface area (Å²) in [6.45, 7) is 6.65. The van der Waals surface area contributed by atoms with Gasteiger partial charge in [0.2, 0.25) is 0 Å². The van der Waals surface area contributed by atoms with Gasteiger partial charge in [-0.05, 0) is 45.4 Å². The molecular weight excluding hydrogens is 294 g/mol. The molecule has 0 atom stereocenters. The first-order valence-corrected chi connectivity index (χ1v) is 6.86. The zero-order chi connectivity index (χ0) is 15.9. The zero-order valence-corrected chi connectivity index (χ0v) is 13.1. The largest absolute Gasteiger partial charge is 0.459 e. The van der Waals surface area contributed by atoms with E-state index in [-0.39, 0.29) is 12.1 Å². The Labute approximate surface area is 127 Å². The molecule has 1 aromatic rings. The molecule has 21 heavy (non-hydrogen) atoms. The number of anilines is 1. The number of amides is 1. The topological polar surface area (TPSA) is 63.7 Å². The minimum Gasteiger partial charge on any atom is -0.459 e. The second kappa shape index (κ2) is 5.15. The van der Waals surface area contributed by atoms with Gasteiger partial charge in [0.15, 0.2) is 0 Å². The third-order valence-corrected chi connectivity index (χ3v) is 3.14. The Morgan fingerprint density at radius 3 is 2.48 bits per heavy atom. The number of hydrogen-bond donors (Lipinski definition) is 0. The average molecular weight is 310 g/mol. The molecule has 0 radical (unpaired) electrons. The predicted molar refractivity (Wildman–Crippen MR) is 78.7 cm³/mol. The number of hydrogen-bond acceptors (Lipinski definition) is 4. The molecule has 0 saturated heterocycles. The Morgan fingerprint density at radius 2 is 1.90 bits per heavy atom. The molecular formula is C15H16ClNO4. The van der Waals surface area contributed by atoms with E-state index in [1.165, 1.54) is 6.07 Å². The van der Waals surface area contributed by atoms with E-state index in [1.54, 1.807) is 33.8 Å². The quantitative estimate of drug-likeness (QED) is 0.622. The van der Waals surface area contributed by atoms with Crippen LogP contribution in [-0.4, -0.2) is 29.8 Å². The molecule has 1 heterocycles. The summed E-state index contributed by atoms with van der Waals surface area (Å²) in [5, 5.41) is 0.381. The zero-order valence-electron chi connectivity index (χ0n) is 12.3. The van der Waals surface area contributed by atoms with Crippen molar-refractivity contribution >= 4 is 34.9 Å². The number of fused-ring (bicyclic) bond motifs is 1. The molecule has 0 fully saturated rings. The van der Waals surface area contributed by atoms with E-state index in [0.717, 1.165) is 4.90 Å². The second-order valence-electron chi connectivity index (χ2n) is 5.93. The van der Waals surface area contributed by atoms with Gasteiger partial charge in [0.1, 0.15) is 12.1 Å². The number of ether oxygens (including phenoxy) is 1. The van der Waals surface area contributed by atoms with E-state index >= 15 is 0 Å². The van der Waals surface area contributed by atoms with Gasteiger partial charge in [0.05, 0.1) is 11.3 Å². The highest BCUT2D eigenvalue weighted by Gasteiger charge is 2.38. The minimum absolute atomic E-state index is 0.230. The number of rotatable bonds is 2. The number of ketones is 1. The SMILES string of the molecule is Cc1cc(Cl)cc2c1N(CC(=O)OC(C)(C)C)C(=O)C2=O. The number of esters is 1. The predicted octanol–water partition coefficient (Wildman–Crippen LogP) is 2.52. The van der Waals surface area contributed by atoms with E-state index in [4.69, 9.17) is 16.3 Å². The maximum absolute atomic E-state index is 12.1. The summed E-state index contributed by atoms with van der Waals surface area (Å²) in [5.74, 6) is -1.95. The fourth-order valence-electron chi connectivity index (χ4n) is 2.26. The Bertz CT molecular complexity index is 646. The van der Waals surface area contributed by atoms with Crippen LogP contribution in [0.15, 0.2) is 12.1 Å². The van der Waals surface area contributed by atoms with Crippen molar-refractivity contribution in [3.05, 3.63) is 28.3 Å². The van der Waals surface area contributed by atoms with Gasteiger partial charge in [-0.15, -0.1) is 0 Å². The van der Waals surface area contributed by atoms with Crippen LogP contribution in [0.2, 0.25) is 5.02 Å². The molecule has 112 valence electrons. The van der Waals surface area contributed by atoms with Crippen LogP contribution in [0.4, 0.5) is 5.69 Å². The second-order valence-corrected chi connectivity index (χ2v) is 6.36. The number of benzene rings is 1. The highest BCUT2D eigenvalue weighted by Crippen LogP contribution is 2.34. The molecule has 1 aliphatic rings. The molecule has 2 rings (SSSR count). The lowest BCUT2D eigenvalue weighted by Crippen LogP contribution is -2.38. The molecule has 1 amide bonds. The lowest BCUT2D eigenvalue weighted by Gasteiger charge is -2.23. The standard InChI is InChI=1S/C15H16ClNO4/c1-8-5-9(16)6-10-12(8)17(14(20)13(10)19)7-11(18)21-15(2,3)4/h5-6H,7H2,1-4H3. The van der Waals surface area contributed by atoms with Gasteiger partial charge in [-0.3, -0.25) is 19.3 Å². The van der Waals surface area contributed by atoms with E-state index < -0.39 is 23.3 Å². The van der Waals surface area contributed by atoms with Crippen LogP contribution in [0.25, 0.3) is 0 Å². The summed E-state index contributed by atoms with van der Waals surface area (Å²) in [7, 11) is 0. The van der Waals surface area contributed by atoms with Gasteiger partial charge >= 0.3 is 5.97 Å². The number of carbonyl (C=O) groups excluding carboxylic acids is 3. The van der Waals surface area contributed by atoms with Crippen LogP contribution in [0.1, 0.15) is 36.7 Å². The lowest BCUT2D eigenvalue weighted by molar-refractivity contribution is -0.153. The van der Waals surface area contributed by atoms with Crippen molar-refractivity contribution in [1.29, 1.82) is 0 Å². The maximum atomic E-state index is 12.1. The number of halogens is 1. The molecule has 1 aromatic carbocycles. The van der Waals surface area contributed by atoms with E-state index in [9.17, 15) is 14.4 Å². The van der Waals surface area contributed by atoms with Crippen molar-refractivity contribution in [3.8, 4) is 0 Å². The number of carbonyl (C=O) groups is 3. The van der Waals surface area contributed by atoms with Gasteiger partial charge < -0.3 is 4.74 Å². The van der Waals surface area contributed by atoms with Gasteiger partial charge in [0, 0.05) is 5.02 Å². The first-order valence-electron chi connectivity index (χ1n) is 6.48. The summed E-state index contributed by atoms with van der Waals surface area (Å²) in [5.41, 5.74) is 0.677. The third kappa shape index (κ3) is 3.08.